The summed E-state index contributed by atoms with van der Waals surface area (Å²) in [5, 5.41) is 8.86. The second-order valence-electron chi connectivity index (χ2n) is 5.28. The number of aliphatic carboxylic acids is 1. The molecule has 0 unspecified atom stereocenters. The zero-order chi connectivity index (χ0) is 12.7. The molecular formula is C13H27NO2. The third-order valence-corrected chi connectivity index (χ3v) is 3.08. The van der Waals surface area contributed by atoms with Crippen LogP contribution in [0.25, 0.3) is 0 Å². The molecule has 0 spiro atoms. The summed E-state index contributed by atoms with van der Waals surface area (Å²) < 4.78 is 0. The Morgan fingerprint density at radius 3 is 2.00 bits per heavy atom. The molecule has 0 saturated carbocycles. The maximum atomic E-state index is 10.8. The van der Waals surface area contributed by atoms with Crippen LogP contribution in [0, 0.1) is 17.8 Å². The van der Waals surface area contributed by atoms with Crippen LogP contribution in [0.2, 0.25) is 0 Å². The molecule has 3 heteroatoms. The lowest BCUT2D eigenvalue weighted by Gasteiger charge is -2.31. The van der Waals surface area contributed by atoms with Gasteiger partial charge in [-0.2, -0.15) is 0 Å². The average molecular weight is 229 g/mol. The fourth-order valence-electron chi connectivity index (χ4n) is 2.23. The largest absolute Gasteiger partial charge is 0.480 e. The topological polar surface area (TPSA) is 40.5 Å². The van der Waals surface area contributed by atoms with Crippen molar-refractivity contribution in [2.45, 2.75) is 41.0 Å². The van der Waals surface area contributed by atoms with Crippen LogP contribution in [-0.2, 0) is 4.79 Å². The Bertz CT molecular complexity index is 194. The monoisotopic (exact) mass is 229 g/mol. The molecule has 0 rings (SSSR count). The van der Waals surface area contributed by atoms with Gasteiger partial charge in [0.25, 0.3) is 0 Å². The smallest absolute Gasteiger partial charge is 0.317 e. The van der Waals surface area contributed by atoms with Gasteiger partial charge in [-0.15, -0.1) is 0 Å². The van der Waals surface area contributed by atoms with Gasteiger partial charge in [0.05, 0.1) is 6.54 Å². The number of carbonyl (C=O) groups is 1. The van der Waals surface area contributed by atoms with Crippen molar-refractivity contribution < 1.29 is 9.90 Å². The first kappa shape index (κ1) is 15.4. The summed E-state index contributed by atoms with van der Waals surface area (Å²) in [7, 11) is 0. The third-order valence-electron chi connectivity index (χ3n) is 3.08. The van der Waals surface area contributed by atoms with Crippen LogP contribution < -0.4 is 0 Å². The van der Waals surface area contributed by atoms with Crippen LogP contribution in [-0.4, -0.2) is 35.6 Å². The third kappa shape index (κ3) is 6.11. The van der Waals surface area contributed by atoms with Crippen molar-refractivity contribution in [3.63, 3.8) is 0 Å². The van der Waals surface area contributed by atoms with Crippen molar-refractivity contribution in [2.24, 2.45) is 17.8 Å². The number of rotatable bonds is 8. The molecule has 0 aliphatic rings. The van der Waals surface area contributed by atoms with E-state index in [1.807, 2.05) is 0 Å². The van der Waals surface area contributed by atoms with E-state index in [1.165, 1.54) is 0 Å². The normalized spacial score (nSPS) is 12.1. The van der Waals surface area contributed by atoms with Crippen molar-refractivity contribution in [2.75, 3.05) is 19.6 Å². The maximum Gasteiger partial charge on any atom is 0.317 e. The van der Waals surface area contributed by atoms with E-state index >= 15 is 0 Å². The van der Waals surface area contributed by atoms with E-state index in [9.17, 15) is 4.79 Å². The zero-order valence-corrected chi connectivity index (χ0v) is 11.4. The van der Waals surface area contributed by atoms with Crippen molar-refractivity contribution >= 4 is 5.97 Å². The summed E-state index contributed by atoms with van der Waals surface area (Å²) in [6.07, 6.45) is 1.01. The number of carboxylic acid groups (broad SMARTS) is 1. The van der Waals surface area contributed by atoms with Gasteiger partial charge in [-0.05, 0) is 30.7 Å². The zero-order valence-electron chi connectivity index (χ0n) is 11.4. The highest BCUT2D eigenvalue weighted by molar-refractivity contribution is 5.69. The molecule has 96 valence electrons. The quantitative estimate of drug-likeness (QED) is 0.695. The number of carboxylic acids is 1. The Kier molecular flexibility index (Phi) is 7.39. The van der Waals surface area contributed by atoms with Crippen LogP contribution in [0.3, 0.4) is 0 Å². The molecule has 0 bridgehead atoms. The standard InChI is InChI=1S/C13H27NO2/c1-6-7-14(9-13(15)16)8-12(10(2)3)11(4)5/h10-12H,6-9H2,1-5H3,(H,15,16). The SMILES string of the molecule is CCCN(CC(=O)O)CC(C(C)C)C(C)C. The predicted octanol–water partition coefficient (Wildman–Crippen LogP) is 2.71. The van der Waals surface area contributed by atoms with E-state index in [0.29, 0.717) is 17.8 Å². The summed E-state index contributed by atoms with van der Waals surface area (Å²) in [5.74, 6) is 1.06. The second kappa shape index (κ2) is 7.66. The molecule has 0 saturated heterocycles. The van der Waals surface area contributed by atoms with Gasteiger partial charge in [0.2, 0.25) is 0 Å². The highest BCUT2D eigenvalue weighted by atomic mass is 16.4. The van der Waals surface area contributed by atoms with E-state index in [1.54, 1.807) is 0 Å². The minimum atomic E-state index is -0.722. The summed E-state index contributed by atoms with van der Waals surface area (Å²) >= 11 is 0. The van der Waals surface area contributed by atoms with Gasteiger partial charge in [0.15, 0.2) is 0 Å². The summed E-state index contributed by atoms with van der Waals surface area (Å²) in [6.45, 7) is 12.9. The Morgan fingerprint density at radius 2 is 1.69 bits per heavy atom. The Hall–Kier alpha value is -0.570. The van der Waals surface area contributed by atoms with Crippen LogP contribution in [0.5, 0.6) is 0 Å². The Labute approximate surface area is 99.8 Å². The lowest BCUT2D eigenvalue weighted by atomic mass is 9.85. The van der Waals surface area contributed by atoms with Crippen LogP contribution in [0.15, 0.2) is 0 Å². The van der Waals surface area contributed by atoms with Gasteiger partial charge < -0.3 is 5.11 Å². The van der Waals surface area contributed by atoms with Crippen molar-refractivity contribution in [3.8, 4) is 0 Å². The van der Waals surface area contributed by atoms with Crippen LogP contribution in [0.4, 0.5) is 0 Å². The van der Waals surface area contributed by atoms with E-state index in [0.717, 1.165) is 19.5 Å². The van der Waals surface area contributed by atoms with Gasteiger partial charge in [-0.1, -0.05) is 34.6 Å². The van der Waals surface area contributed by atoms with Gasteiger partial charge in [0.1, 0.15) is 0 Å². The van der Waals surface area contributed by atoms with Gasteiger partial charge >= 0.3 is 5.97 Å². The minimum Gasteiger partial charge on any atom is -0.480 e. The molecule has 0 amide bonds. The molecule has 0 heterocycles. The molecule has 0 atom stereocenters. The van der Waals surface area contributed by atoms with E-state index < -0.39 is 5.97 Å². The van der Waals surface area contributed by atoms with Crippen molar-refractivity contribution in [3.05, 3.63) is 0 Å². The number of hydrogen-bond donors (Lipinski definition) is 1. The molecule has 0 aliphatic carbocycles. The first-order valence-electron chi connectivity index (χ1n) is 6.32. The lowest BCUT2D eigenvalue weighted by Crippen LogP contribution is -2.38. The summed E-state index contributed by atoms with van der Waals surface area (Å²) in [5.41, 5.74) is 0. The molecule has 0 radical (unpaired) electrons. The summed E-state index contributed by atoms with van der Waals surface area (Å²) in [4.78, 5) is 12.8. The minimum absolute atomic E-state index is 0.170. The molecule has 16 heavy (non-hydrogen) atoms. The molecule has 0 aromatic heterocycles. The fourth-order valence-corrected chi connectivity index (χ4v) is 2.23. The van der Waals surface area contributed by atoms with Crippen LogP contribution in [0.1, 0.15) is 41.0 Å². The highest BCUT2D eigenvalue weighted by Gasteiger charge is 2.21. The second-order valence-corrected chi connectivity index (χ2v) is 5.28. The number of nitrogens with zero attached hydrogens (tertiary/aromatic N) is 1. The van der Waals surface area contributed by atoms with Crippen molar-refractivity contribution in [1.82, 2.24) is 4.90 Å². The first-order chi connectivity index (χ1) is 7.38. The van der Waals surface area contributed by atoms with Gasteiger partial charge in [0, 0.05) is 6.54 Å². The lowest BCUT2D eigenvalue weighted by molar-refractivity contribution is -0.138. The first-order valence-corrected chi connectivity index (χ1v) is 6.32. The molecule has 0 aromatic carbocycles. The Balaban J connectivity index is 4.38. The molecule has 0 fully saturated rings. The molecule has 0 aliphatic heterocycles. The van der Waals surface area contributed by atoms with Gasteiger partial charge in [-0.25, -0.2) is 0 Å². The Morgan fingerprint density at radius 1 is 1.19 bits per heavy atom. The van der Waals surface area contributed by atoms with E-state index in [-0.39, 0.29) is 6.54 Å². The fraction of sp³-hybridized carbons (Fsp3) is 0.923. The molecular weight excluding hydrogens is 202 g/mol. The average Bonchev–Trinajstić information content (AvgIpc) is 2.12. The van der Waals surface area contributed by atoms with E-state index in [4.69, 9.17) is 5.11 Å². The van der Waals surface area contributed by atoms with Crippen molar-refractivity contribution in [1.29, 1.82) is 0 Å². The maximum absolute atomic E-state index is 10.8. The number of hydrogen-bond acceptors (Lipinski definition) is 2. The molecule has 1 N–H and O–H groups in total. The molecule has 0 aromatic rings. The highest BCUT2D eigenvalue weighted by Crippen LogP contribution is 2.21. The predicted molar refractivity (Wildman–Crippen MR) is 67.5 cm³/mol. The van der Waals surface area contributed by atoms with Gasteiger partial charge in [-0.3, -0.25) is 9.69 Å². The summed E-state index contributed by atoms with van der Waals surface area (Å²) in [6, 6.07) is 0. The van der Waals surface area contributed by atoms with Crippen LogP contribution >= 0.6 is 0 Å². The molecule has 3 nitrogen and oxygen atoms in total. The van der Waals surface area contributed by atoms with E-state index in [2.05, 4.69) is 39.5 Å².